The van der Waals surface area contributed by atoms with Crippen molar-refractivity contribution in [2.45, 2.75) is 23.7 Å². The first kappa shape index (κ1) is 20.7. The van der Waals surface area contributed by atoms with Gasteiger partial charge >= 0.3 is 0 Å². The molecule has 0 saturated carbocycles. The van der Waals surface area contributed by atoms with Gasteiger partial charge in [0.15, 0.2) is 0 Å². The SMILES string of the molecule is COc1ccc(-c2c(C#N)c(SCc3ccccc3Cl)nc3c2CN(C)CC3)cc1. The molecule has 0 aliphatic carbocycles. The molecular formula is C24H22ClN3OS. The summed E-state index contributed by atoms with van der Waals surface area (Å²) in [7, 11) is 3.76. The van der Waals surface area contributed by atoms with E-state index < -0.39 is 0 Å². The molecule has 4 rings (SSSR count). The summed E-state index contributed by atoms with van der Waals surface area (Å²) in [4.78, 5) is 7.20. The topological polar surface area (TPSA) is 49.1 Å². The molecule has 152 valence electrons. The summed E-state index contributed by atoms with van der Waals surface area (Å²) >= 11 is 7.91. The number of nitriles is 1. The highest BCUT2D eigenvalue weighted by molar-refractivity contribution is 7.98. The van der Waals surface area contributed by atoms with Gasteiger partial charge in [-0.1, -0.05) is 41.9 Å². The number of likely N-dealkylation sites (N-methyl/N-ethyl adjacent to an activating group) is 1. The lowest BCUT2D eigenvalue weighted by atomic mass is 9.92. The molecule has 4 nitrogen and oxygen atoms in total. The third kappa shape index (κ3) is 4.17. The first-order chi connectivity index (χ1) is 14.6. The number of pyridine rings is 1. The van der Waals surface area contributed by atoms with E-state index in [2.05, 4.69) is 18.0 Å². The van der Waals surface area contributed by atoms with Gasteiger partial charge in [-0.3, -0.25) is 0 Å². The lowest BCUT2D eigenvalue weighted by molar-refractivity contribution is 0.309. The Morgan fingerprint density at radius 1 is 1.20 bits per heavy atom. The molecule has 1 aliphatic heterocycles. The van der Waals surface area contributed by atoms with Crippen LogP contribution < -0.4 is 4.74 Å². The fourth-order valence-corrected chi connectivity index (χ4v) is 5.01. The van der Waals surface area contributed by atoms with Crippen molar-refractivity contribution in [1.29, 1.82) is 5.26 Å². The highest BCUT2D eigenvalue weighted by atomic mass is 35.5. The molecule has 0 N–H and O–H groups in total. The number of methoxy groups -OCH3 is 1. The molecule has 0 amide bonds. The van der Waals surface area contributed by atoms with Crippen LogP contribution in [0.15, 0.2) is 53.6 Å². The fraction of sp³-hybridized carbons (Fsp3) is 0.250. The first-order valence-electron chi connectivity index (χ1n) is 9.75. The molecule has 2 aromatic carbocycles. The first-order valence-corrected chi connectivity index (χ1v) is 11.1. The molecule has 0 saturated heterocycles. The van der Waals surface area contributed by atoms with Crippen molar-refractivity contribution in [2.24, 2.45) is 0 Å². The minimum absolute atomic E-state index is 0.631. The summed E-state index contributed by atoms with van der Waals surface area (Å²) in [6, 6.07) is 18.2. The third-order valence-corrected chi connectivity index (χ3v) is 6.71. The summed E-state index contributed by atoms with van der Waals surface area (Å²) in [6.07, 6.45) is 0.875. The van der Waals surface area contributed by atoms with Crippen LogP contribution >= 0.6 is 23.4 Å². The average molecular weight is 436 g/mol. The van der Waals surface area contributed by atoms with Crippen LogP contribution in [0.2, 0.25) is 5.02 Å². The van der Waals surface area contributed by atoms with Crippen molar-refractivity contribution in [1.82, 2.24) is 9.88 Å². The number of hydrogen-bond acceptors (Lipinski definition) is 5. The van der Waals surface area contributed by atoms with Crippen LogP contribution in [0, 0.1) is 11.3 Å². The van der Waals surface area contributed by atoms with E-state index in [1.807, 2.05) is 48.5 Å². The highest BCUT2D eigenvalue weighted by Gasteiger charge is 2.25. The van der Waals surface area contributed by atoms with E-state index >= 15 is 0 Å². The van der Waals surface area contributed by atoms with Gasteiger partial charge in [0, 0.05) is 41.5 Å². The number of ether oxygens (including phenoxy) is 1. The Bertz CT molecular complexity index is 1110. The summed E-state index contributed by atoms with van der Waals surface area (Å²) in [5.41, 5.74) is 5.90. The molecule has 2 heterocycles. The molecule has 1 aromatic heterocycles. The van der Waals surface area contributed by atoms with Crippen LogP contribution in [0.3, 0.4) is 0 Å². The maximum atomic E-state index is 10.1. The Labute approximate surface area is 186 Å². The zero-order chi connectivity index (χ0) is 21.1. The van der Waals surface area contributed by atoms with Gasteiger partial charge in [0.2, 0.25) is 0 Å². The Hall–Kier alpha value is -2.52. The van der Waals surface area contributed by atoms with Crippen molar-refractivity contribution in [3.63, 3.8) is 0 Å². The van der Waals surface area contributed by atoms with E-state index in [-0.39, 0.29) is 0 Å². The monoisotopic (exact) mass is 435 g/mol. The molecule has 0 unspecified atom stereocenters. The number of benzene rings is 2. The second-order valence-corrected chi connectivity index (χ2v) is 8.67. The lowest BCUT2D eigenvalue weighted by Crippen LogP contribution is -2.28. The number of rotatable bonds is 5. The van der Waals surface area contributed by atoms with Gasteiger partial charge < -0.3 is 9.64 Å². The van der Waals surface area contributed by atoms with E-state index in [4.69, 9.17) is 21.3 Å². The number of hydrogen-bond donors (Lipinski definition) is 0. The van der Waals surface area contributed by atoms with E-state index in [0.717, 1.165) is 63.3 Å². The molecule has 0 radical (unpaired) electrons. The van der Waals surface area contributed by atoms with Crippen LogP contribution in [0.1, 0.15) is 22.4 Å². The van der Waals surface area contributed by atoms with Gasteiger partial charge in [0.25, 0.3) is 0 Å². The summed E-state index contributed by atoms with van der Waals surface area (Å²) in [5, 5.41) is 11.6. The minimum Gasteiger partial charge on any atom is -0.497 e. The second kappa shape index (κ2) is 9.09. The standard InChI is InChI=1S/C24H22ClN3OS/c1-28-12-11-22-20(14-28)23(16-7-9-18(29-2)10-8-16)19(13-26)24(27-22)30-15-17-5-3-4-6-21(17)25/h3-10H,11-12,14-15H2,1-2H3. The van der Waals surface area contributed by atoms with Gasteiger partial charge in [-0.15, -0.1) is 11.8 Å². The number of thioether (sulfide) groups is 1. The van der Waals surface area contributed by atoms with Gasteiger partial charge in [0.1, 0.15) is 16.8 Å². The van der Waals surface area contributed by atoms with Crippen molar-refractivity contribution < 1.29 is 4.74 Å². The Kier molecular flexibility index (Phi) is 6.29. The summed E-state index contributed by atoms with van der Waals surface area (Å²) in [5.74, 6) is 1.47. The molecule has 6 heteroatoms. The van der Waals surface area contributed by atoms with E-state index in [0.29, 0.717) is 11.3 Å². The average Bonchev–Trinajstić information content (AvgIpc) is 2.77. The summed E-state index contributed by atoms with van der Waals surface area (Å²) < 4.78 is 5.31. The second-order valence-electron chi connectivity index (χ2n) is 7.30. The molecule has 3 aromatic rings. The molecule has 0 atom stereocenters. The molecule has 0 fully saturated rings. The zero-order valence-corrected chi connectivity index (χ0v) is 18.6. The Morgan fingerprint density at radius 3 is 2.67 bits per heavy atom. The molecular weight excluding hydrogens is 414 g/mol. The maximum absolute atomic E-state index is 10.1. The van der Waals surface area contributed by atoms with E-state index in [9.17, 15) is 5.26 Å². The summed E-state index contributed by atoms with van der Waals surface area (Å²) in [6.45, 7) is 1.75. The quantitative estimate of drug-likeness (QED) is 0.491. The number of aromatic nitrogens is 1. The lowest BCUT2D eigenvalue weighted by Gasteiger charge is -2.28. The Morgan fingerprint density at radius 2 is 1.97 bits per heavy atom. The zero-order valence-electron chi connectivity index (χ0n) is 17.0. The van der Waals surface area contributed by atoms with Crippen molar-refractivity contribution in [3.8, 4) is 22.9 Å². The van der Waals surface area contributed by atoms with Crippen molar-refractivity contribution in [2.75, 3.05) is 20.7 Å². The van der Waals surface area contributed by atoms with Crippen LogP contribution in [0.4, 0.5) is 0 Å². The van der Waals surface area contributed by atoms with Crippen LogP contribution in [-0.2, 0) is 18.7 Å². The van der Waals surface area contributed by atoms with E-state index in [1.165, 1.54) is 0 Å². The van der Waals surface area contributed by atoms with Gasteiger partial charge in [-0.2, -0.15) is 5.26 Å². The fourth-order valence-electron chi connectivity index (χ4n) is 3.72. The van der Waals surface area contributed by atoms with Crippen molar-refractivity contribution >= 4 is 23.4 Å². The maximum Gasteiger partial charge on any atom is 0.118 e. The third-order valence-electron chi connectivity index (χ3n) is 5.32. The molecule has 0 spiro atoms. The van der Waals surface area contributed by atoms with Crippen LogP contribution in [0.25, 0.3) is 11.1 Å². The molecule has 0 bridgehead atoms. The smallest absolute Gasteiger partial charge is 0.118 e. The van der Waals surface area contributed by atoms with Crippen molar-refractivity contribution in [3.05, 3.63) is 75.9 Å². The van der Waals surface area contributed by atoms with E-state index in [1.54, 1.807) is 18.9 Å². The number of nitrogens with zero attached hydrogens (tertiary/aromatic N) is 3. The number of halogens is 1. The molecule has 30 heavy (non-hydrogen) atoms. The van der Waals surface area contributed by atoms with Crippen LogP contribution in [0.5, 0.6) is 5.75 Å². The highest BCUT2D eigenvalue weighted by Crippen LogP contribution is 2.38. The normalized spacial score (nSPS) is 13.5. The van der Waals surface area contributed by atoms with Gasteiger partial charge in [0.05, 0.1) is 12.7 Å². The largest absolute Gasteiger partial charge is 0.497 e. The van der Waals surface area contributed by atoms with Crippen LogP contribution in [-0.4, -0.2) is 30.6 Å². The van der Waals surface area contributed by atoms with Gasteiger partial charge in [-0.05, 0) is 41.9 Å². The predicted molar refractivity (Wildman–Crippen MR) is 122 cm³/mol. The molecule has 1 aliphatic rings. The Balaban J connectivity index is 1.81. The van der Waals surface area contributed by atoms with Gasteiger partial charge in [-0.25, -0.2) is 4.98 Å². The minimum atomic E-state index is 0.631. The predicted octanol–water partition coefficient (Wildman–Crippen LogP) is 5.56. The number of fused-ring (bicyclic) bond motifs is 1.